The minimum Gasteiger partial charge on any atom is -0.371 e. The second-order valence-corrected chi connectivity index (χ2v) is 15.9. The van der Waals surface area contributed by atoms with Crippen LogP contribution in [0, 0.1) is 0 Å². The highest BCUT2D eigenvalue weighted by Gasteiger charge is 2.28. The third-order valence-corrected chi connectivity index (χ3v) is 12.7. The van der Waals surface area contributed by atoms with E-state index >= 15 is 0 Å². The number of benzene rings is 10. The average molecular weight is 765 g/mol. The number of aromatic nitrogens is 2. The SMILES string of the molecule is c1ccc(C2=Nc3ccccc3NC2c2ccc(-n3c4cc5c(cc4c4c6ccccc6ccc43)c3c4ccccc4ccc3n5-c3ccccc3)c3ccccc23)cc1. The van der Waals surface area contributed by atoms with Crippen LogP contribution in [0.15, 0.2) is 211 Å². The van der Waals surface area contributed by atoms with E-state index in [4.69, 9.17) is 4.99 Å². The van der Waals surface area contributed by atoms with Crippen molar-refractivity contribution in [1.82, 2.24) is 9.13 Å². The lowest BCUT2D eigenvalue weighted by Gasteiger charge is -2.29. The minimum atomic E-state index is -0.153. The van der Waals surface area contributed by atoms with Crippen LogP contribution in [-0.2, 0) is 0 Å². The second-order valence-electron chi connectivity index (χ2n) is 15.9. The minimum absolute atomic E-state index is 0.153. The van der Waals surface area contributed by atoms with Gasteiger partial charge in [-0.15, -0.1) is 0 Å². The van der Waals surface area contributed by atoms with Crippen molar-refractivity contribution in [3.05, 3.63) is 217 Å². The zero-order valence-electron chi connectivity index (χ0n) is 32.5. The molecule has 4 nitrogen and oxygen atoms in total. The number of hydrogen-bond acceptors (Lipinski definition) is 2. The van der Waals surface area contributed by atoms with Gasteiger partial charge in [0.15, 0.2) is 0 Å². The molecular formula is C56H36N4. The summed E-state index contributed by atoms with van der Waals surface area (Å²) in [5, 5.41) is 16.3. The Morgan fingerprint density at radius 3 is 1.68 bits per heavy atom. The van der Waals surface area contributed by atoms with Crippen LogP contribution in [0.2, 0.25) is 0 Å². The van der Waals surface area contributed by atoms with Crippen molar-refractivity contribution >= 4 is 93.0 Å². The van der Waals surface area contributed by atoms with Crippen molar-refractivity contribution in [2.75, 3.05) is 5.32 Å². The number of fused-ring (bicyclic) bond motifs is 12. The van der Waals surface area contributed by atoms with Crippen molar-refractivity contribution < 1.29 is 0 Å². The van der Waals surface area contributed by atoms with Crippen LogP contribution in [0.3, 0.4) is 0 Å². The van der Waals surface area contributed by atoms with Gasteiger partial charge in [0.1, 0.15) is 0 Å². The van der Waals surface area contributed by atoms with E-state index < -0.39 is 0 Å². The van der Waals surface area contributed by atoms with E-state index in [1.54, 1.807) is 0 Å². The number of rotatable bonds is 4. The third-order valence-electron chi connectivity index (χ3n) is 12.7. The van der Waals surface area contributed by atoms with E-state index in [1.165, 1.54) is 81.5 Å². The van der Waals surface area contributed by atoms with Gasteiger partial charge in [0.05, 0.1) is 50.9 Å². The van der Waals surface area contributed by atoms with Gasteiger partial charge in [0, 0.05) is 32.6 Å². The van der Waals surface area contributed by atoms with Gasteiger partial charge in [-0.25, -0.2) is 4.99 Å². The molecule has 13 rings (SSSR count). The monoisotopic (exact) mass is 764 g/mol. The molecule has 2 aromatic heterocycles. The first-order valence-electron chi connectivity index (χ1n) is 20.7. The summed E-state index contributed by atoms with van der Waals surface area (Å²) < 4.78 is 4.97. The Bertz CT molecular complexity index is 3740. The van der Waals surface area contributed by atoms with Crippen LogP contribution in [-0.4, -0.2) is 14.8 Å². The summed E-state index contributed by atoms with van der Waals surface area (Å²) in [6, 6.07) is 74.9. The van der Waals surface area contributed by atoms with Crippen LogP contribution in [0.4, 0.5) is 11.4 Å². The fourth-order valence-electron chi connectivity index (χ4n) is 10.1. The summed E-state index contributed by atoms with van der Waals surface area (Å²) in [7, 11) is 0. The highest BCUT2D eigenvalue weighted by molar-refractivity contribution is 6.28. The number of nitrogens with one attached hydrogen (secondary N) is 1. The van der Waals surface area contributed by atoms with E-state index in [9.17, 15) is 0 Å². The molecule has 0 spiro atoms. The predicted molar refractivity (Wildman–Crippen MR) is 253 cm³/mol. The molecule has 1 unspecified atom stereocenters. The molecule has 0 saturated heterocycles. The van der Waals surface area contributed by atoms with Crippen LogP contribution >= 0.6 is 0 Å². The number of hydrogen-bond donors (Lipinski definition) is 1. The van der Waals surface area contributed by atoms with Crippen molar-refractivity contribution in [1.29, 1.82) is 0 Å². The molecule has 1 aliphatic rings. The molecule has 60 heavy (non-hydrogen) atoms. The van der Waals surface area contributed by atoms with Gasteiger partial charge in [-0.3, -0.25) is 0 Å². The topological polar surface area (TPSA) is 34.2 Å². The number of aliphatic imine (C=N–C) groups is 1. The maximum atomic E-state index is 5.31. The second kappa shape index (κ2) is 12.8. The van der Waals surface area contributed by atoms with Gasteiger partial charge in [-0.1, -0.05) is 152 Å². The molecule has 10 aromatic carbocycles. The lowest BCUT2D eigenvalue weighted by molar-refractivity contribution is 1.02. The number of nitrogens with zero attached hydrogens (tertiary/aromatic N) is 3. The Balaban J connectivity index is 1.14. The fraction of sp³-hybridized carbons (Fsp3) is 0.0179. The average Bonchev–Trinajstić information content (AvgIpc) is 3.82. The summed E-state index contributed by atoms with van der Waals surface area (Å²) in [5.41, 5.74) is 12.3. The Labute approximate surface area is 345 Å². The highest BCUT2D eigenvalue weighted by atomic mass is 15.0. The molecule has 0 fully saturated rings. The molecule has 1 N–H and O–H groups in total. The normalized spacial score (nSPS) is 14.1. The lowest BCUT2D eigenvalue weighted by atomic mass is 9.90. The maximum Gasteiger partial charge on any atom is 0.0953 e. The van der Waals surface area contributed by atoms with E-state index in [2.05, 4.69) is 221 Å². The van der Waals surface area contributed by atoms with Gasteiger partial charge >= 0.3 is 0 Å². The Morgan fingerprint density at radius 1 is 0.400 bits per heavy atom. The molecule has 0 bridgehead atoms. The van der Waals surface area contributed by atoms with Gasteiger partial charge in [0.25, 0.3) is 0 Å². The highest BCUT2D eigenvalue weighted by Crippen LogP contribution is 2.46. The van der Waals surface area contributed by atoms with Crippen molar-refractivity contribution in [3.63, 3.8) is 0 Å². The summed E-state index contributed by atoms with van der Waals surface area (Å²) in [6.07, 6.45) is 0. The molecule has 4 heteroatoms. The third kappa shape index (κ3) is 4.76. The first-order valence-corrected chi connectivity index (χ1v) is 20.7. The zero-order chi connectivity index (χ0) is 39.3. The summed E-state index contributed by atoms with van der Waals surface area (Å²) in [4.78, 5) is 5.31. The molecule has 280 valence electrons. The van der Waals surface area contributed by atoms with Gasteiger partial charge in [-0.05, 0) is 92.7 Å². The predicted octanol–water partition coefficient (Wildman–Crippen LogP) is 14.6. The van der Waals surface area contributed by atoms with Gasteiger partial charge in [-0.2, -0.15) is 0 Å². The molecule has 0 aliphatic carbocycles. The quantitative estimate of drug-likeness (QED) is 0.190. The van der Waals surface area contributed by atoms with Crippen LogP contribution < -0.4 is 5.32 Å². The van der Waals surface area contributed by atoms with Crippen LogP contribution in [0.1, 0.15) is 17.2 Å². The largest absolute Gasteiger partial charge is 0.371 e. The van der Waals surface area contributed by atoms with Gasteiger partial charge in [0.2, 0.25) is 0 Å². The number of para-hydroxylation sites is 3. The van der Waals surface area contributed by atoms with Crippen LogP contribution in [0.25, 0.3) is 87.3 Å². The van der Waals surface area contributed by atoms with E-state index in [0.717, 1.165) is 34.0 Å². The molecule has 0 saturated carbocycles. The first kappa shape index (κ1) is 33.1. The Morgan fingerprint density at radius 2 is 0.967 bits per heavy atom. The summed E-state index contributed by atoms with van der Waals surface area (Å²) in [6.45, 7) is 0. The fourth-order valence-corrected chi connectivity index (χ4v) is 10.1. The maximum absolute atomic E-state index is 5.31. The first-order chi connectivity index (χ1) is 29.8. The van der Waals surface area contributed by atoms with Crippen LogP contribution in [0.5, 0.6) is 0 Å². The molecule has 1 atom stereocenters. The molecular weight excluding hydrogens is 729 g/mol. The smallest absolute Gasteiger partial charge is 0.0953 e. The summed E-state index contributed by atoms with van der Waals surface area (Å²) in [5.74, 6) is 0. The van der Waals surface area contributed by atoms with Crippen molar-refractivity contribution in [2.24, 2.45) is 4.99 Å². The Kier molecular flexibility index (Phi) is 7.04. The van der Waals surface area contributed by atoms with Crippen molar-refractivity contribution in [2.45, 2.75) is 6.04 Å². The Hall–Kier alpha value is -7.95. The molecule has 12 aromatic rings. The number of anilines is 1. The van der Waals surface area contributed by atoms with E-state index in [1.807, 2.05) is 0 Å². The standard InChI is InChI=1S/C56H36N4/c1-3-17-37(18-4-1)55-56(58-47-26-14-13-25-46(47)57-55)43-29-32-48(42-24-12-11-23-41(42)43)60-50-31-28-36-16-8-10-22-40(36)54(50)45-33-44-51(34-52(45)60)59(38-19-5-2-6-20-38)49-30-27-35-15-7-9-21-39(35)53(44)49/h1-34,56,58H. The lowest BCUT2D eigenvalue weighted by Crippen LogP contribution is -2.25. The van der Waals surface area contributed by atoms with Crippen molar-refractivity contribution in [3.8, 4) is 11.4 Å². The van der Waals surface area contributed by atoms with Gasteiger partial charge < -0.3 is 14.5 Å². The van der Waals surface area contributed by atoms with E-state index in [0.29, 0.717) is 0 Å². The summed E-state index contributed by atoms with van der Waals surface area (Å²) >= 11 is 0. The zero-order valence-corrected chi connectivity index (χ0v) is 32.5. The van der Waals surface area contributed by atoms with E-state index in [-0.39, 0.29) is 6.04 Å². The molecule has 0 amide bonds. The molecule has 3 heterocycles. The molecule has 0 radical (unpaired) electrons. The molecule has 1 aliphatic heterocycles.